The molecular weight excluding hydrogens is 322 g/mol. The van der Waals surface area contributed by atoms with Gasteiger partial charge in [0.2, 0.25) is 5.69 Å². The number of methoxy groups -OCH3 is 1. The lowest BCUT2D eigenvalue weighted by atomic mass is 9.68. The van der Waals surface area contributed by atoms with E-state index >= 15 is 0 Å². The predicted octanol–water partition coefficient (Wildman–Crippen LogP) is -1.11. The Morgan fingerprint density at radius 1 is 1.09 bits per heavy atom. The Bertz CT molecular complexity index is 597. The van der Waals surface area contributed by atoms with Crippen molar-refractivity contribution in [3.63, 3.8) is 0 Å². The summed E-state index contributed by atoms with van der Waals surface area (Å²) in [7, 11) is -0.992. The second kappa shape index (κ2) is 6.75. The van der Waals surface area contributed by atoms with Gasteiger partial charge in [0.15, 0.2) is 5.71 Å². The van der Waals surface area contributed by atoms with Crippen molar-refractivity contribution in [1.82, 2.24) is 0 Å². The summed E-state index contributed by atoms with van der Waals surface area (Å²) in [6.45, 7) is 2.30. The van der Waals surface area contributed by atoms with E-state index in [1.54, 1.807) is 7.11 Å². The lowest BCUT2D eigenvalue weighted by molar-refractivity contribution is -2.00. The molecule has 128 valence electrons. The molecule has 2 aliphatic rings. The molecule has 0 atom stereocenters. The van der Waals surface area contributed by atoms with Crippen molar-refractivity contribution in [1.29, 1.82) is 0 Å². The monoisotopic (exact) mass is 343 g/mol. The third-order valence-electron chi connectivity index (χ3n) is 4.98. The van der Waals surface area contributed by atoms with Crippen LogP contribution in [0.3, 0.4) is 0 Å². The Kier molecular flexibility index (Phi) is 5.33. The normalized spacial score (nSPS) is 19.3. The van der Waals surface area contributed by atoms with E-state index in [1.165, 1.54) is 49.1 Å². The van der Waals surface area contributed by atoms with Gasteiger partial charge in [-0.15, -0.1) is 10.2 Å². The SMILES string of the molecule is COc1ccc2c(c1)C1(CCCCC1)C(C)=[N+]2C.[O-][Cl+3]([O-])([O-])[O-]. The van der Waals surface area contributed by atoms with Gasteiger partial charge in [0.25, 0.3) is 0 Å². The van der Waals surface area contributed by atoms with Crippen molar-refractivity contribution < 1.29 is 38.2 Å². The highest BCUT2D eigenvalue weighted by atomic mass is 35.7. The van der Waals surface area contributed by atoms with Crippen LogP contribution in [0.2, 0.25) is 0 Å². The molecule has 0 bridgehead atoms. The first-order chi connectivity index (χ1) is 10.7. The number of ether oxygens (including phenoxy) is 1. The molecule has 0 aromatic heterocycles. The summed E-state index contributed by atoms with van der Waals surface area (Å²) in [5, 5.41) is 0. The van der Waals surface area contributed by atoms with Crippen LogP contribution in [0.4, 0.5) is 5.69 Å². The number of fused-ring (bicyclic) bond motifs is 2. The van der Waals surface area contributed by atoms with E-state index in [9.17, 15) is 0 Å². The molecule has 1 saturated carbocycles. The highest BCUT2D eigenvalue weighted by molar-refractivity contribution is 5.94. The van der Waals surface area contributed by atoms with Crippen LogP contribution in [0.25, 0.3) is 0 Å². The number of hydrogen-bond acceptors (Lipinski definition) is 5. The van der Waals surface area contributed by atoms with E-state index in [0.717, 1.165) is 5.75 Å². The van der Waals surface area contributed by atoms with Crippen LogP contribution in [0, 0.1) is 10.2 Å². The van der Waals surface area contributed by atoms with Crippen LogP contribution in [-0.4, -0.2) is 24.4 Å². The number of halogens is 1. The number of benzene rings is 1. The topological polar surface area (TPSA) is 104 Å². The van der Waals surface area contributed by atoms with Gasteiger partial charge in [-0.25, -0.2) is 23.2 Å². The standard InChI is InChI=1S/C16H22NO.ClHO4/c1-12-16(9-5-4-6-10-16)14-11-13(18-3)7-8-15(14)17(12)2;2-1(3,4)5/h7-8,11H,4-6,9-10H2,1-3H3;(H,2,3,4,5)/q+1;/p-1. The molecule has 0 radical (unpaired) electrons. The molecular formula is C16H22ClNO5. The molecule has 1 aliphatic carbocycles. The third kappa shape index (κ3) is 3.84. The van der Waals surface area contributed by atoms with E-state index in [1.807, 2.05) is 0 Å². The van der Waals surface area contributed by atoms with Gasteiger partial charge >= 0.3 is 0 Å². The summed E-state index contributed by atoms with van der Waals surface area (Å²) < 4.78 is 41.8. The maximum atomic E-state index is 8.49. The fraction of sp³-hybridized carbons (Fsp3) is 0.562. The number of rotatable bonds is 1. The average molecular weight is 344 g/mol. The van der Waals surface area contributed by atoms with Crippen molar-refractivity contribution in [2.45, 2.75) is 44.4 Å². The quantitative estimate of drug-likeness (QED) is 0.601. The Morgan fingerprint density at radius 3 is 2.17 bits per heavy atom. The molecule has 1 aromatic rings. The van der Waals surface area contributed by atoms with Gasteiger partial charge in [-0.3, -0.25) is 0 Å². The molecule has 1 aliphatic heterocycles. The van der Waals surface area contributed by atoms with Crippen molar-refractivity contribution >= 4 is 11.4 Å². The summed E-state index contributed by atoms with van der Waals surface area (Å²) in [6, 6.07) is 6.54. The molecule has 1 heterocycles. The molecule has 6 nitrogen and oxygen atoms in total. The first kappa shape index (κ1) is 18.2. The smallest absolute Gasteiger partial charge is 0.209 e. The van der Waals surface area contributed by atoms with Gasteiger partial charge < -0.3 is 4.74 Å². The molecule has 1 aromatic carbocycles. The van der Waals surface area contributed by atoms with E-state index in [4.69, 9.17) is 23.4 Å². The highest BCUT2D eigenvalue weighted by Crippen LogP contribution is 2.49. The van der Waals surface area contributed by atoms with E-state index < -0.39 is 10.2 Å². The van der Waals surface area contributed by atoms with E-state index in [2.05, 4.69) is 36.7 Å². The van der Waals surface area contributed by atoms with Crippen LogP contribution in [-0.2, 0) is 5.41 Å². The first-order valence-electron chi connectivity index (χ1n) is 7.57. The summed E-state index contributed by atoms with van der Waals surface area (Å²) in [5.74, 6) is 0.988. The molecule has 1 fully saturated rings. The van der Waals surface area contributed by atoms with Crippen molar-refractivity contribution in [3.05, 3.63) is 23.8 Å². The first-order valence-corrected chi connectivity index (χ1v) is 8.80. The fourth-order valence-electron chi connectivity index (χ4n) is 3.80. The van der Waals surface area contributed by atoms with Gasteiger partial charge in [-0.1, -0.05) is 19.3 Å². The summed E-state index contributed by atoms with van der Waals surface area (Å²) in [4.78, 5) is 0. The summed E-state index contributed by atoms with van der Waals surface area (Å²) in [5.41, 5.74) is 4.67. The number of hydrogen-bond donors (Lipinski definition) is 0. The minimum Gasteiger partial charge on any atom is -0.497 e. The van der Waals surface area contributed by atoms with Crippen molar-refractivity contribution in [2.75, 3.05) is 14.2 Å². The second-order valence-electron chi connectivity index (χ2n) is 6.05. The van der Waals surface area contributed by atoms with Crippen LogP contribution in [0.15, 0.2) is 18.2 Å². The third-order valence-corrected chi connectivity index (χ3v) is 4.98. The minimum absolute atomic E-state index is 0.289. The molecule has 7 heteroatoms. The Balaban J connectivity index is 0.000000338. The Hall–Kier alpha value is -1.18. The van der Waals surface area contributed by atoms with Crippen molar-refractivity contribution in [2.24, 2.45) is 0 Å². The lowest BCUT2D eigenvalue weighted by Gasteiger charge is -2.31. The van der Waals surface area contributed by atoms with Crippen molar-refractivity contribution in [3.8, 4) is 5.75 Å². The van der Waals surface area contributed by atoms with E-state index in [0.29, 0.717) is 0 Å². The van der Waals surface area contributed by atoms with Crippen LogP contribution in [0.1, 0.15) is 44.6 Å². The summed E-state index contributed by atoms with van der Waals surface area (Å²) in [6.07, 6.45) is 6.67. The Labute approximate surface area is 138 Å². The van der Waals surface area contributed by atoms with Gasteiger partial charge in [0, 0.05) is 18.6 Å². The second-order valence-corrected chi connectivity index (χ2v) is 6.80. The molecule has 0 amide bonds. The zero-order valence-electron chi connectivity index (χ0n) is 13.6. The van der Waals surface area contributed by atoms with Gasteiger partial charge in [-0.05, 0) is 25.0 Å². The lowest BCUT2D eigenvalue weighted by Crippen LogP contribution is -2.68. The van der Waals surface area contributed by atoms with Crippen LogP contribution < -0.4 is 23.4 Å². The maximum absolute atomic E-state index is 8.49. The summed E-state index contributed by atoms with van der Waals surface area (Å²) >= 11 is 0. The molecule has 0 unspecified atom stereocenters. The fourth-order valence-corrected chi connectivity index (χ4v) is 3.80. The minimum atomic E-state index is -4.94. The maximum Gasteiger partial charge on any atom is 0.209 e. The predicted molar refractivity (Wildman–Crippen MR) is 74.3 cm³/mol. The number of nitrogens with zero attached hydrogens (tertiary/aromatic N) is 1. The molecule has 1 spiro atoms. The van der Waals surface area contributed by atoms with E-state index in [-0.39, 0.29) is 5.41 Å². The average Bonchev–Trinajstić information content (AvgIpc) is 2.69. The molecule has 0 N–H and O–H groups in total. The highest BCUT2D eigenvalue weighted by Gasteiger charge is 2.49. The van der Waals surface area contributed by atoms with Gasteiger partial charge in [0.05, 0.1) is 12.5 Å². The Morgan fingerprint density at radius 2 is 1.65 bits per heavy atom. The van der Waals surface area contributed by atoms with Gasteiger partial charge in [0.1, 0.15) is 12.8 Å². The zero-order chi connectivity index (χ0) is 17.3. The van der Waals surface area contributed by atoms with Crippen LogP contribution >= 0.6 is 0 Å². The zero-order valence-corrected chi connectivity index (χ0v) is 14.4. The van der Waals surface area contributed by atoms with Crippen LogP contribution in [0.5, 0.6) is 5.75 Å². The molecule has 0 saturated heterocycles. The van der Waals surface area contributed by atoms with Gasteiger partial charge in [-0.2, -0.15) is 0 Å². The largest absolute Gasteiger partial charge is 0.497 e. The molecule has 23 heavy (non-hydrogen) atoms. The molecule has 3 rings (SSSR count).